The molecule has 7 nitrogen and oxygen atoms in total. The van der Waals surface area contributed by atoms with E-state index in [1.54, 1.807) is 11.5 Å². The lowest BCUT2D eigenvalue weighted by molar-refractivity contribution is -0.118. The molecule has 2 aromatic heterocycles. The molecule has 0 unspecified atom stereocenters. The lowest BCUT2D eigenvalue weighted by Crippen LogP contribution is -2.26. The molecule has 2 amide bonds. The molecule has 0 radical (unpaired) electrons. The molecule has 1 aromatic carbocycles. The average Bonchev–Trinajstić information content (AvgIpc) is 2.95. The third-order valence-corrected chi connectivity index (χ3v) is 5.56. The van der Waals surface area contributed by atoms with E-state index in [0.29, 0.717) is 45.9 Å². The van der Waals surface area contributed by atoms with Gasteiger partial charge in [0.05, 0.1) is 10.3 Å². The van der Waals surface area contributed by atoms with Crippen molar-refractivity contribution < 1.29 is 9.59 Å². The fourth-order valence-electron chi connectivity index (χ4n) is 3.05. The molecule has 0 atom stereocenters. The summed E-state index contributed by atoms with van der Waals surface area (Å²) in [5, 5.41) is 0.407. The number of nitrogens with two attached hydrogens (primary N) is 2. The second-order valence-corrected chi connectivity index (χ2v) is 7.32. The highest BCUT2D eigenvalue weighted by Gasteiger charge is 2.20. The minimum absolute atomic E-state index is 0.185. The molecular weight excluding hydrogens is 364 g/mol. The average molecular weight is 384 g/mol. The number of hydrogen-bond acceptors (Lipinski definition) is 5. The van der Waals surface area contributed by atoms with E-state index in [1.165, 1.54) is 0 Å². The molecule has 0 aliphatic heterocycles. The van der Waals surface area contributed by atoms with Gasteiger partial charge in [-0.15, -0.1) is 11.3 Å². The number of carbonyl (C=O) groups is 2. The first-order valence-electron chi connectivity index (χ1n) is 8.53. The van der Waals surface area contributed by atoms with Gasteiger partial charge in [-0.1, -0.05) is 30.3 Å². The standard InChI is InChI=1S/C19H20N4O3S/c1-11-15-18(27-16(11)17(21)25)22-14(10-12-6-3-2-4-7-12)23(19(15)26)9-5-8-13(20)24/h2-4,6-7H,5,8-10H2,1H3,(H2,20,24)(H2,21,25). The van der Waals surface area contributed by atoms with Crippen LogP contribution in [0.25, 0.3) is 10.2 Å². The van der Waals surface area contributed by atoms with Crippen molar-refractivity contribution in [1.29, 1.82) is 0 Å². The maximum absolute atomic E-state index is 13.1. The molecule has 0 fully saturated rings. The Kier molecular flexibility index (Phi) is 5.36. The SMILES string of the molecule is Cc1c(C(N)=O)sc2nc(Cc3ccccc3)n(CCCC(N)=O)c(=O)c12. The zero-order chi connectivity index (χ0) is 19.6. The number of aryl methyl sites for hydroxylation is 1. The van der Waals surface area contributed by atoms with Crippen molar-refractivity contribution >= 4 is 33.4 Å². The number of hydrogen-bond donors (Lipinski definition) is 2. The molecule has 140 valence electrons. The normalized spacial score (nSPS) is 11.0. The quantitative estimate of drug-likeness (QED) is 0.644. The van der Waals surface area contributed by atoms with E-state index in [4.69, 9.17) is 11.5 Å². The molecular formula is C19H20N4O3S. The van der Waals surface area contributed by atoms with Gasteiger partial charge in [0.15, 0.2) is 0 Å². The first-order chi connectivity index (χ1) is 12.9. The first-order valence-corrected chi connectivity index (χ1v) is 9.35. The van der Waals surface area contributed by atoms with E-state index in [1.807, 2.05) is 30.3 Å². The predicted octanol–water partition coefficient (Wildman–Crippen LogP) is 1.72. The highest BCUT2D eigenvalue weighted by molar-refractivity contribution is 7.20. The Hall–Kier alpha value is -3.00. The van der Waals surface area contributed by atoms with Crippen LogP contribution in [0.3, 0.4) is 0 Å². The zero-order valence-electron chi connectivity index (χ0n) is 14.9. The summed E-state index contributed by atoms with van der Waals surface area (Å²) in [5.41, 5.74) is 12.0. The summed E-state index contributed by atoms with van der Waals surface area (Å²) in [6.07, 6.45) is 1.09. The Balaban J connectivity index is 2.13. The van der Waals surface area contributed by atoms with Crippen LogP contribution in [0.4, 0.5) is 0 Å². The van der Waals surface area contributed by atoms with Crippen molar-refractivity contribution in [2.45, 2.75) is 32.7 Å². The first kappa shape index (κ1) is 18.8. The summed E-state index contributed by atoms with van der Waals surface area (Å²) in [7, 11) is 0. The number of carbonyl (C=O) groups excluding carboxylic acids is 2. The highest BCUT2D eigenvalue weighted by atomic mass is 32.1. The van der Waals surface area contributed by atoms with E-state index in [2.05, 4.69) is 4.98 Å². The number of nitrogens with zero attached hydrogens (tertiary/aromatic N) is 2. The van der Waals surface area contributed by atoms with Gasteiger partial charge in [0.25, 0.3) is 11.5 Å². The molecule has 27 heavy (non-hydrogen) atoms. The minimum Gasteiger partial charge on any atom is -0.370 e. The van der Waals surface area contributed by atoms with Gasteiger partial charge < -0.3 is 11.5 Å². The van der Waals surface area contributed by atoms with Gasteiger partial charge in [-0.25, -0.2) is 4.98 Å². The summed E-state index contributed by atoms with van der Waals surface area (Å²) < 4.78 is 1.57. The van der Waals surface area contributed by atoms with Crippen molar-refractivity contribution in [3.05, 3.63) is 62.5 Å². The monoisotopic (exact) mass is 384 g/mol. The number of thiophene rings is 1. The number of rotatable bonds is 7. The molecule has 3 aromatic rings. The van der Waals surface area contributed by atoms with Crippen LogP contribution in [0, 0.1) is 6.92 Å². The van der Waals surface area contributed by atoms with Gasteiger partial charge in [-0.2, -0.15) is 0 Å². The highest BCUT2D eigenvalue weighted by Crippen LogP contribution is 2.27. The summed E-state index contributed by atoms with van der Waals surface area (Å²) in [5.74, 6) is -0.398. The van der Waals surface area contributed by atoms with Crippen LogP contribution in [0.1, 0.15) is 39.5 Å². The van der Waals surface area contributed by atoms with E-state index in [9.17, 15) is 14.4 Å². The largest absolute Gasteiger partial charge is 0.370 e. The topological polar surface area (TPSA) is 121 Å². The molecule has 0 saturated heterocycles. The molecule has 8 heteroatoms. The Morgan fingerprint density at radius 3 is 2.52 bits per heavy atom. The molecule has 0 aliphatic rings. The Bertz CT molecular complexity index is 1070. The zero-order valence-corrected chi connectivity index (χ0v) is 15.7. The van der Waals surface area contributed by atoms with Crippen LogP contribution in [0.2, 0.25) is 0 Å². The third-order valence-electron chi connectivity index (χ3n) is 4.36. The van der Waals surface area contributed by atoms with Gasteiger partial charge in [0, 0.05) is 19.4 Å². The van der Waals surface area contributed by atoms with E-state index in [0.717, 1.165) is 16.9 Å². The van der Waals surface area contributed by atoms with Crippen molar-refractivity contribution in [2.75, 3.05) is 0 Å². The van der Waals surface area contributed by atoms with Crippen LogP contribution >= 0.6 is 11.3 Å². The third kappa shape index (κ3) is 3.90. The molecule has 4 N–H and O–H groups in total. The Labute approximate surface area is 159 Å². The predicted molar refractivity (Wildman–Crippen MR) is 105 cm³/mol. The van der Waals surface area contributed by atoms with Gasteiger partial charge >= 0.3 is 0 Å². The Morgan fingerprint density at radius 2 is 1.89 bits per heavy atom. The van der Waals surface area contributed by atoms with Crippen LogP contribution < -0.4 is 17.0 Å². The lowest BCUT2D eigenvalue weighted by Gasteiger charge is -2.12. The van der Waals surface area contributed by atoms with Gasteiger partial charge in [-0.05, 0) is 24.5 Å². The van der Waals surface area contributed by atoms with Gasteiger partial charge in [0.2, 0.25) is 5.91 Å². The molecule has 0 saturated carbocycles. The van der Waals surface area contributed by atoms with Crippen LogP contribution in [0.5, 0.6) is 0 Å². The van der Waals surface area contributed by atoms with Crippen molar-refractivity contribution in [1.82, 2.24) is 9.55 Å². The maximum atomic E-state index is 13.1. The van der Waals surface area contributed by atoms with Crippen LogP contribution in [-0.4, -0.2) is 21.4 Å². The fraction of sp³-hybridized carbons (Fsp3) is 0.263. The second kappa shape index (κ2) is 7.71. The van der Waals surface area contributed by atoms with Gasteiger partial charge in [-0.3, -0.25) is 19.0 Å². The summed E-state index contributed by atoms with van der Waals surface area (Å²) in [6.45, 7) is 2.03. The van der Waals surface area contributed by atoms with Crippen LogP contribution in [0.15, 0.2) is 35.1 Å². The summed E-state index contributed by atoms with van der Waals surface area (Å²) >= 11 is 1.14. The molecule has 2 heterocycles. The Morgan fingerprint density at radius 1 is 1.19 bits per heavy atom. The van der Waals surface area contributed by atoms with Crippen molar-refractivity contribution in [3.8, 4) is 0 Å². The number of benzene rings is 1. The minimum atomic E-state index is -0.570. The number of amides is 2. The van der Waals surface area contributed by atoms with Crippen molar-refractivity contribution in [2.24, 2.45) is 11.5 Å². The van der Waals surface area contributed by atoms with Crippen LogP contribution in [-0.2, 0) is 17.8 Å². The fourth-order valence-corrected chi connectivity index (χ4v) is 4.09. The molecule has 0 bridgehead atoms. The van der Waals surface area contributed by atoms with E-state index in [-0.39, 0.29) is 12.0 Å². The summed E-state index contributed by atoms with van der Waals surface area (Å²) in [6, 6.07) is 9.67. The molecule has 0 aliphatic carbocycles. The second-order valence-electron chi connectivity index (χ2n) is 6.32. The lowest BCUT2D eigenvalue weighted by atomic mass is 10.1. The van der Waals surface area contributed by atoms with E-state index >= 15 is 0 Å². The smallest absolute Gasteiger partial charge is 0.262 e. The number of primary amides is 2. The number of fused-ring (bicyclic) bond motifs is 1. The van der Waals surface area contributed by atoms with E-state index < -0.39 is 11.8 Å². The molecule has 3 rings (SSSR count). The number of aromatic nitrogens is 2. The van der Waals surface area contributed by atoms with Crippen molar-refractivity contribution in [3.63, 3.8) is 0 Å². The summed E-state index contributed by atoms with van der Waals surface area (Å²) in [4.78, 5) is 41.3. The maximum Gasteiger partial charge on any atom is 0.262 e. The molecule has 0 spiro atoms. The van der Waals surface area contributed by atoms with Gasteiger partial charge in [0.1, 0.15) is 10.7 Å².